The van der Waals surface area contributed by atoms with Gasteiger partial charge in [0.25, 0.3) is 0 Å². The highest BCUT2D eigenvalue weighted by Gasteiger charge is 1.98. The number of nitrogens with two attached hydrogens (primary N) is 1. The molecule has 0 saturated heterocycles. The average molecular weight is 225 g/mol. The van der Waals surface area contributed by atoms with Crippen LogP contribution in [-0.2, 0) is 0 Å². The molecule has 2 rings (SSSR count). The van der Waals surface area contributed by atoms with E-state index in [9.17, 15) is 0 Å². The van der Waals surface area contributed by atoms with Gasteiger partial charge in [-0.05, 0) is 23.8 Å². The molecule has 0 radical (unpaired) electrons. The zero-order valence-electron chi connectivity index (χ0n) is 6.69. The van der Waals surface area contributed by atoms with Crippen LogP contribution < -0.4 is 5.73 Å². The predicted molar refractivity (Wildman–Crippen MR) is 62.9 cm³/mol. The Balaban J connectivity index is 2.47. The number of anilines is 1. The van der Waals surface area contributed by atoms with Crippen LogP contribution in [0.25, 0.3) is 10.4 Å². The Morgan fingerprint density at radius 1 is 1.08 bits per heavy atom. The fraction of sp³-hybridized carbons (Fsp3) is 0. The van der Waals surface area contributed by atoms with E-state index in [1.54, 1.807) is 20.7 Å². The van der Waals surface area contributed by atoms with E-state index in [4.69, 9.17) is 18.0 Å². The van der Waals surface area contributed by atoms with Crippen molar-refractivity contribution in [2.45, 2.75) is 0 Å². The molecule has 0 fully saturated rings. The van der Waals surface area contributed by atoms with Crippen molar-refractivity contribution in [3.05, 3.63) is 34.2 Å². The van der Waals surface area contributed by atoms with Crippen LogP contribution in [-0.4, -0.2) is 0 Å². The summed E-state index contributed by atoms with van der Waals surface area (Å²) in [5.74, 6) is 0. The molecule has 1 aromatic heterocycles. The molecule has 13 heavy (non-hydrogen) atoms. The Morgan fingerprint density at radius 3 is 2.31 bits per heavy atom. The van der Waals surface area contributed by atoms with E-state index in [2.05, 4.69) is 0 Å². The molecule has 0 saturated carbocycles. The standard InChI is InChI=1S/C9H7NS3/c10-7-3-1-6(2-4-7)8-5-9(11)13-12-8/h1-5H,10H2. The Bertz CT molecular complexity index is 452. The Morgan fingerprint density at radius 2 is 1.77 bits per heavy atom. The first-order chi connectivity index (χ1) is 6.25. The Hall–Kier alpha value is -0.710. The van der Waals surface area contributed by atoms with Crippen LogP contribution in [0.2, 0.25) is 0 Å². The molecule has 66 valence electrons. The highest BCUT2D eigenvalue weighted by molar-refractivity contribution is 7.80. The van der Waals surface area contributed by atoms with Gasteiger partial charge in [0.15, 0.2) is 0 Å². The summed E-state index contributed by atoms with van der Waals surface area (Å²) in [4.78, 5) is 1.22. The third-order valence-corrected chi connectivity index (χ3v) is 4.57. The van der Waals surface area contributed by atoms with Crippen LogP contribution >= 0.6 is 32.9 Å². The fourth-order valence-corrected chi connectivity index (χ4v) is 3.42. The van der Waals surface area contributed by atoms with Crippen LogP contribution in [0.15, 0.2) is 30.3 Å². The minimum Gasteiger partial charge on any atom is -0.399 e. The lowest BCUT2D eigenvalue weighted by Crippen LogP contribution is -1.82. The normalized spacial score (nSPS) is 10.2. The van der Waals surface area contributed by atoms with Crippen LogP contribution in [0, 0.1) is 3.82 Å². The number of hydrogen-bond donors (Lipinski definition) is 1. The molecule has 0 atom stereocenters. The second-order valence-electron chi connectivity index (χ2n) is 2.62. The molecule has 0 unspecified atom stereocenters. The van der Waals surface area contributed by atoms with Gasteiger partial charge in [-0.15, -0.1) is 0 Å². The van der Waals surface area contributed by atoms with Crippen molar-refractivity contribution < 1.29 is 0 Å². The minimum atomic E-state index is 0.794. The molecule has 0 amide bonds. The van der Waals surface area contributed by atoms with Crippen molar-refractivity contribution in [2.75, 3.05) is 5.73 Å². The Labute approximate surface area is 88.9 Å². The molecular weight excluding hydrogens is 218 g/mol. The maximum atomic E-state index is 5.60. The van der Waals surface area contributed by atoms with E-state index in [0.717, 1.165) is 9.51 Å². The number of rotatable bonds is 1. The first-order valence-electron chi connectivity index (χ1n) is 3.72. The fourth-order valence-electron chi connectivity index (χ4n) is 1.02. The van der Waals surface area contributed by atoms with Gasteiger partial charge < -0.3 is 5.73 Å². The van der Waals surface area contributed by atoms with E-state index < -0.39 is 0 Å². The van der Waals surface area contributed by atoms with Gasteiger partial charge in [0.05, 0.1) is 0 Å². The topological polar surface area (TPSA) is 26.0 Å². The van der Waals surface area contributed by atoms with E-state index >= 15 is 0 Å². The van der Waals surface area contributed by atoms with Crippen molar-refractivity contribution >= 4 is 38.6 Å². The monoisotopic (exact) mass is 225 g/mol. The van der Waals surface area contributed by atoms with Gasteiger partial charge in [-0.2, -0.15) is 0 Å². The summed E-state index contributed by atoms with van der Waals surface area (Å²) in [5, 5.41) is 0. The van der Waals surface area contributed by atoms with Crippen LogP contribution in [0.1, 0.15) is 0 Å². The average Bonchev–Trinajstić information content (AvgIpc) is 2.53. The molecule has 0 aliphatic carbocycles. The SMILES string of the molecule is Nc1ccc(-c2cc(=S)ss2)cc1. The molecule has 1 nitrogen and oxygen atoms in total. The molecule has 1 aromatic carbocycles. The van der Waals surface area contributed by atoms with Gasteiger partial charge >= 0.3 is 0 Å². The second kappa shape index (κ2) is 3.57. The smallest absolute Gasteiger partial charge is 0.102 e. The molecule has 4 heteroatoms. The van der Waals surface area contributed by atoms with Crippen LogP contribution in [0.4, 0.5) is 5.69 Å². The molecule has 0 bridgehead atoms. The molecule has 2 N–H and O–H groups in total. The van der Waals surface area contributed by atoms with Gasteiger partial charge in [-0.3, -0.25) is 0 Å². The third-order valence-electron chi connectivity index (χ3n) is 1.66. The number of nitrogen functional groups attached to an aromatic ring is 1. The second-order valence-corrected chi connectivity index (χ2v) is 5.53. The maximum Gasteiger partial charge on any atom is 0.102 e. The molecule has 1 heterocycles. The van der Waals surface area contributed by atoms with Gasteiger partial charge in [0, 0.05) is 10.6 Å². The largest absolute Gasteiger partial charge is 0.399 e. The lowest BCUT2D eigenvalue weighted by atomic mass is 10.2. The molecule has 0 aliphatic rings. The summed E-state index contributed by atoms with van der Waals surface area (Å²) in [6.45, 7) is 0. The van der Waals surface area contributed by atoms with Crippen molar-refractivity contribution in [3.8, 4) is 10.4 Å². The zero-order chi connectivity index (χ0) is 9.26. The molecule has 0 aliphatic heterocycles. The summed E-state index contributed by atoms with van der Waals surface area (Å²) in [6, 6.07) is 9.87. The predicted octanol–water partition coefficient (Wildman–Crippen LogP) is 3.79. The lowest BCUT2D eigenvalue weighted by Gasteiger charge is -1.96. The number of benzene rings is 1. The van der Waals surface area contributed by atoms with Crippen LogP contribution in [0.3, 0.4) is 0 Å². The summed E-state index contributed by atoms with van der Waals surface area (Å²) < 4.78 is 0.942. The van der Waals surface area contributed by atoms with Crippen molar-refractivity contribution in [1.82, 2.24) is 0 Å². The number of hydrogen-bond acceptors (Lipinski definition) is 4. The highest BCUT2D eigenvalue weighted by Crippen LogP contribution is 2.29. The Kier molecular flexibility index (Phi) is 2.44. The lowest BCUT2D eigenvalue weighted by molar-refractivity contribution is 1.68. The maximum absolute atomic E-state index is 5.60. The first kappa shape index (κ1) is 8.87. The minimum absolute atomic E-state index is 0.794. The van der Waals surface area contributed by atoms with E-state index in [0.29, 0.717) is 0 Å². The molecule has 0 spiro atoms. The van der Waals surface area contributed by atoms with Gasteiger partial charge in [0.1, 0.15) is 3.82 Å². The quantitative estimate of drug-likeness (QED) is 0.454. The van der Waals surface area contributed by atoms with Crippen molar-refractivity contribution in [3.63, 3.8) is 0 Å². The van der Waals surface area contributed by atoms with E-state index in [-0.39, 0.29) is 0 Å². The molecule has 2 aromatic rings. The summed E-state index contributed by atoms with van der Waals surface area (Å²) in [5.41, 5.74) is 7.58. The van der Waals surface area contributed by atoms with E-state index in [1.165, 1.54) is 10.4 Å². The van der Waals surface area contributed by atoms with Crippen molar-refractivity contribution in [2.24, 2.45) is 0 Å². The third kappa shape index (κ3) is 1.96. The van der Waals surface area contributed by atoms with Crippen LogP contribution in [0.5, 0.6) is 0 Å². The van der Waals surface area contributed by atoms with Gasteiger partial charge in [-0.25, -0.2) is 0 Å². The first-order valence-corrected chi connectivity index (χ1v) is 6.27. The summed E-state index contributed by atoms with van der Waals surface area (Å²) in [6.07, 6.45) is 0. The van der Waals surface area contributed by atoms with Gasteiger partial charge in [0.2, 0.25) is 0 Å². The highest BCUT2D eigenvalue weighted by atomic mass is 32.9. The summed E-state index contributed by atoms with van der Waals surface area (Å²) >= 11 is 5.06. The van der Waals surface area contributed by atoms with Gasteiger partial charge in [-0.1, -0.05) is 45.0 Å². The van der Waals surface area contributed by atoms with E-state index in [1.807, 2.05) is 30.3 Å². The summed E-state index contributed by atoms with van der Waals surface area (Å²) in [7, 11) is 3.33. The zero-order valence-corrected chi connectivity index (χ0v) is 9.14. The van der Waals surface area contributed by atoms with Crippen molar-refractivity contribution in [1.29, 1.82) is 0 Å². The molecular formula is C9H7NS3.